The number of nitrogens with zero attached hydrogens (tertiary/aromatic N) is 1. The van der Waals surface area contributed by atoms with Crippen LogP contribution in [0.2, 0.25) is 0 Å². The molecule has 1 aromatic carbocycles. The number of hydrogen-bond donors (Lipinski definition) is 1. The first-order valence-corrected chi connectivity index (χ1v) is 7.48. The van der Waals surface area contributed by atoms with E-state index < -0.39 is 0 Å². The Labute approximate surface area is 133 Å². The average Bonchev–Trinajstić information content (AvgIpc) is 2.52. The van der Waals surface area contributed by atoms with Crippen molar-refractivity contribution in [2.24, 2.45) is 0 Å². The standard InChI is InChI=1S/C16H19BrN2O2/c1-11(13-4-6-18-7-5-13)19-10-12-8-14(17)16(21-3)15(9-12)20-2/h4-9,11,19H,10H2,1-3H3/t11-/m0/s1. The third-order valence-electron chi connectivity index (χ3n) is 3.31. The molecule has 0 aliphatic rings. The molecule has 0 aliphatic carbocycles. The first-order chi connectivity index (χ1) is 10.2. The first-order valence-electron chi connectivity index (χ1n) is 6.69. The molecule has 2 rings (SSSR count). The summed E-state index contributed by atoms with van der Waals surface area (Å²) < 4.78 is 11.6. The zero-order valence-corrected chi connectivity index (χ0v) is 14.0. The average molecular weight is 351 g/mol. The highest BCUT2D eigenvalue weighted by atomic mass is 79.9. The molecule has 0 amide bonds. The van der Waals surface area contributed by atoms with E-state index in [1.54, 1.807) is 26.6 Å². The second kappa shape index (κ2) is 7.43. The summed E-state index contributed by atoms with van der Waals surface area (Å²) in [5, 5.41) is 3.49. The number of nitrogens with one attached hydrogen (secondary N) is 1. The lowest BCUT2D eigenvalue weighted by molar-refractivity contribution is 0.352. The van der Waals surface area contributed by atoms with Gasteiger partial charge in [0.25, 0.3) is 0 Å². The minimum atomic E-state index is 0.250. The van der Waals surface area contributed by atoms with E-state index in [0.29, 0.717) is 5.75 Å². The molecule has 0 bridgehead atoms. The lowest BCUT2D eigenvalue weighted by Gasteiger charge is -2.16. The zero-order valence-electron chi connectivity index (χ0n) is 12.4. The fraction of sp³-hybridized carbons (Fsp3) is 0.312. The Morgan fingerprint density at radius 1 is 1.19 bits per heavy atom. The van der Waals surface area contributed by atoms with Gasteiger partial charge in [0.05, 0.1) is 18.7 Å². The van der Waals surface area contributed by atoms with Crippen LogP contribution >= 0.6 is 15.9 Å². The quantitative estimate of drug-likeness (QED) is 0.862. The van der Waals surface area contributed by atoms with E-state index >= 15 is 0 Å². The summed E-state index contributed by atoms with van der Waals surface area (Å²) in [6, 6.07) is 8.30. The van der Waals surface area contributed by atoms with Crippen LogP contribution in [-0.4, -0.2) is 19.2 Å². The van der Waals surface area contributed by atoms with Gasteiger partial charge in [-0.1, -0.05) is 0 Å². The lowest BCUT2D eigenvalue weighted by Crippen LogP contribution is -2.18. The molecule has 1 heterocycles. The molecule has 0 aliphatic heterocycles. The van der Waals surface area contributed by atoms with Crippen LogP contribution in [-0.2, 0) is 6.54 Å². The van der Waals surface area contributed by atoms with E-state index in [4.69, 9.17) is 9.47 Å². The van der Waals surface area contributed by atoms with E-state index in [1.807, 2.05) is 24.3 Å². The first kappa shape index (κ1) is 15.8. The van der Waals surface area contributed by atoms with Crippen LogP contribution in [0.5, 0.6) is 11.5 Å². The predicted molar refractivity (Wildman–Crippen MR) is 86.7 cm³/mol. The van der Waals surface area contributed by atoms with Gasteiger partial charge in [-0.05, 0) is 58.2 Å². The maximum atomic E-state index is 5.36. The van der Waals surface area contributed by atoms with Crippen molar-refractivity contribution in [1.82, 2.24) is 10.3 Å². The van der Waals surface area contributed by atoms with Crippen LogP contribution in [0.4, 0.5) is 0 Å². The summed E-state index contributed by atoms with van der Waals surface area (Å²) in [4.78, 5) is 4.04. The Hall–Kier alpha value is -1.59. The highest BCUT2D eigenvalue weighted by Gasteiger charge is 2.11. The maximum Gasteiger partial charge on any atom is 0.174 e. The lowest BCUT2D eigenvalue weighted by atomic mass is 10.1. The van der Waals surface area contributed by atoms with E-state index in [-0.39, 0.29) is 6.04 Å². The molecular formula is C16H19BrN2O2. The summed E-state index contributed by atoms with van der Waals surface area (Å²) >= 11 is 3.51. The van der Waals surface area contributed by atoms with Gasteiger partial charge in [0.2, 0.25) is 0 Å². The van der Waals surface area contributed by atoms with Gasteiger partial charge < -0.3 is 14.8 Å². The second-order valence-corrected chi connectivity index (χ2v) is 5.55. The largest absolute Gasteiger partial charge is 0.493 e. The summed E-state index contributed by atoms with van der Waals surface area (Å²) in [5.74, 6) is 1.43. The number of ether oxygens (including phenoxy) is 2. The van der Waals surface area contributed by atoms with Crippen LogP contribution in [0.1, 0.15) is 24.1 Å². The fourth-order valence-electron chi connectivity index (χ4n) is 2.11. The molecule has 0 spiro atoms. The van der Waals surface area contributed by atoms with Crippen molar-refractivity contribution >= 4 is 15.9 Å². The monoisotopic (exact) mass is 350 g/mol. The molecule has 0 unspecified atom stereocenters. The van der Waals surface area contributed by atoms with Gasteiger partial charge in [-0.3, -0.25) is 4.98 Å². The number of pyridine rings is 1. The van der Waals surface area contributed by atoms with Crippen molar-refractivity contribution in [3.8, 4) is 11.5 Å². The van der Waals surface area contributed by atoms with Crippen LogP contribution in [0.25, 0.3) is 0 Å². The topological polar surface area (TPSA) is 43.4 Å². The third-order valence-corrected chi connectivity index (χ3v) is 3.90. The Balaban J connectivity index is 2.08. The minimum Gasteiger partial charge on any atom is -0.493 e. The van der Waals surface area contributed by atoms with Gasteiger partial charge in [-0.2, -0.15) is 0 Å². The van der Waals surface area contributed by atoms with Crippen LogP contribution in [0.15, 0.2) is 41.1 Å². The van der Waals surface area contributed by atoms with Gasteiger partial charge in [-0.15, -0.1) is 0 Å². The predicted octanol–water partition coefficient (Wildman–Crippen LogP) is 3.71. The van der Waals surface area contributed by atoms with Gasteiger partial charge in [0, 0.05) is 25.0 Å². The van der Waals surface area contributed by atoms with Gasteiger partial charge in [0.1, 0.15) is 0 Å². The molecule has 0 saturated heterocycles. The van der Waals surface area contributed by atoms with Crippen molar-refractivity contribution in [1.29, 1.82) is 0 Å². The van der Waals surface area contributed by atoms with Crippen LogP contribution in [0.3, 0.4) is 0 Å². The molecular weight excluding hydrogens is 332 g/mol. The zero-order chi connectivity index (χ0) is 15.2. The van der Waals surface area contributed by atoms with Crippen molar-refractivity contribution in [2.45, 2.75) is 19.5 Å². The van der Waals surface area contributed by atoms with Crippen molar-refractivity contribution in [2.75, 3.05) is 14.2 Å². The van der Waals surface area contributed by atoms with E-state index in [0.717, 1.165) is 22.3 Å². The number of benzene rings is 1. The number of rotatable bonds is 6. The summed E-state index contributed by atoms with van der Waals surface area (Å²) in [7, 11) is 3.27. The van der Waals surface area contributed by atoms with Crippen LogP contribution < -0.4 is 14.8 Å². The summed E-state index contributed by atoms with van der Waals surface area (Å²) in [6.45, 7) is 2.87. The van der Waals surface area contributed by atoms with E-state index in [9.17, 15) is 0 Å². The maximum absolute atomic E-state index is 5.36. The molecule has 0 saturated carbocycles. The number of hydrogen-bond acceptors (Lipinski definition) is 4. The molecule has 1 atom stereocenters. The normalized spacial score (nSPS) is 12.0. The van der Waals surface area contributed by atoms with Crippen molar-refractivity contribution < 1.29 is 9.47 Å². The highest BCUT2D eigenvalue weighted by Crippen LogP contribution is 2.36. The Kier molecular flexibility index (Phi) is 5.59. The fourth-order valence-corrected chi connectivity index (χ4v) is 2.77. The molecule has 5 heteroatoms. The molecule has 0 radical (unpaired) electrons. The molecule has 0 fully saturated rings. The minimum absolute atomic E-state index is 0.250. The second-order valence-electron chi connectivity index (χ2n) is 4.70. The van der Waals surface area contributed by atoms with Gasteiger partial charge in [0.15, 0.2) is 11.5 Å². The molecule has 112 valence electrons. The smallest absolute Gasteiger partial charge is 0.174 e. The van der Waals surface area contributed by atoms with Crippen LogP contribution in [0, 0.1) is 0 Å². The highest BCUT2D eigenvalue weighted by molar-refractivity contribution is 9.10. The molecule has 1 N–H and O–H groups in total. The Bertz CT molecular complexity index is 590. The molecule has 2 aromatic rings. The number of halogens is 1. The number of methoxy groups -OCH3 is 2. The van der Waals surface area contributed by atoms with Crippen molar-refractivity contribution in [3.63, 3.8) is 0 Å². The Morgan fingerprint density at radius 2 is 1.90 bits per heavy atom. The summed E-state index contributed by atoms with van der Waals surface area (Å²) in [5.41, 5.74) is 2.34. The number of aromatic nitrogens is 1. The third kappa shape index (κ3) is 3.95. The SMILES string of the molecule is COc1cc(CN[C@@H](C)c2ccncc2)cc(Br)c1OC. The van der Waals surface area contributed by atoms with Gasteiger partial charge >= 0.3 is 0 Å². The Morgan fingerprint density at radius 3 is 2.52 bits per heavy atom. The molecule has 1 aromatic heterocycles. The van der Waals surface area contributed by atoms with Gasteiger partial charge in [-0.25, -0.2) is 0 Å². The summed E-state index contributed by atoms with van der Waals surface area (Å²) in [6.07, 6.45) is 3.61. The molecule has 21 heavy (non-hydrogen) atoms. The van der Waals surface area contributed by atoms with E-state index in [2.05, 4.69) is 33.2 Å². The molecule has 4 nitrogen and oxygen atoms in total. The van der Waals surface area contributed by atoms with Crippen molar-refractivity contribution in [3.05, 3.63) is 52.3 Å². The van der Waals surface area contributed by atoms with E-state index in [1.165, 1.54) is 5.56 Å².